The molecule has 1 N–H and O–H groups in total. The van der Waals surface area contributed by atoms with Gasteiger partial charge in [0.05, 0.1) is 6.54 Å². The van der Waals surface area contributed by atoms with Crippen molar-refractivity contribution in [1.29, 1.82) is 0 Å². The van der Waals surface area contributed by atoms with Crippen LogP contribution in [0.15, 0.2) is 36.0 Å². The quantitative estimate of drug-likeness (QED) is 0.912. The summed E-state index contributed by atoms with van der Waals surface area (Å²) in [5.41, 5.74) is 0. The van der Waals surface area contributed by atoms with Crippen LogP contribution in [0.25, 0.3) is 0 Å². The van der Waals surface area contributed by atoms with Crippen LogP contribution in [0.2, 0.25) is 0 Å². The summed E-state index contributed by atoms with van der Waals surface area (Å²) in [5, 5.41) is 6.89. The van der Waals surface area contributed by atoms with Gasteiger partial charge in [-0.25, -0.2) is 9.97 Å². The molecule has 2 fully saturated rings. The van der Waals surface area contributed by atoms with Gasteiger partial charge >= 0.3 is 0 Å². The Hall–Kier alpha value is -1.46. The van der Waals surface area contributed by atoms with Crippen molar-refractivity contribution in [3.63, 3.8) is 0 Å². The maximum atomic E-state index is 4.45. The first kappa shape index (κ1) is 15.1. The van der Waals surface area contributed by atoms with Gasteiger partial charge < -0.3 is 5.32 Å². The fourth-order valence-electron chi connectivity index (χ4n) is 4.29. The van der Waals surface area contributed by atoms with Crippen molar-refractivity contribution in [2.45, 2.75) is 25.8 Å². The summed E-state index contributed by atoms with van der Waals surface area (Å²) in [6.45, 7) is 4.58. The average Bonchev–Trinajstić information content (AvgIpc) is 3.23. The topological polar surface area (TPSA) is 41.0 Å². The Balaban J connectivity index is 1.35. The van der Waals surface area contributed by atoms with Crippen molar-refractivity contribution in [3.8, 4) is 0 Å². The Kier molecular flexibility index (Phi) is 4.57. The third-order valence-electron chi connectivity index (χ3n) is 5.38. The van der Waals surface area contributed by atoms with Gasteiger partial charge in [0.25, 0.3) is 0 Å². The largest absolute Gasteiger partial charge is 0.370 e. The number of rotatable bonds is 5. The predicted octanol–water partition coefficient (Wildman–Crippen LogP) is 3.50. The van der Waals surface area contributed by atoms with Gasteiger partial charge in [-0.3, -0.25) is 4.90 Å². The molecule has 3 atom stereocenters. The molecular weight excluding hydrogens is 304 g/mol. The van der Waals surface area contributed by atoms with E-state index in [1.165, 1.54) is 37.4 Å². The summed E-state index contributed by atoms with van der Waals surface area (Å²) in [7, 11) is 0. The minimum Gasteiger partial charge on any atom is -0.370 e. The van der Waals surface area contributed by atoms with Crippen LogP contribution in [0.3, 0.4) is 0 Å². The van der Waals surface area contributed by atoms with E-state index in [-0.39, 0.29) is 0 Å². The van der Waals surface area contributed by atoms with Crippen LogP contribution in [0.1, 0.15) is 24.3 Å². The first-order chi connectivity index (χ1) is 11.4. The van der Waals surface area contributed by atoms with Crippen LogP contribution in [0.5, 0.6) is 0 Å². The van der Waals surface area contributed by atoms with Crippen LogP contribution in [-0.4, -0.2) is 34.5 Å². The summed E-state index contributed by atoms with van der Waals surface area (Å²) < 4.78 is 0. The van der Waals surface area contributed by atoms with E-state index in [9.17, 15) is 0 Å². The van der Waals surface area contributed by atoms with Crippen molar-refractivity contribution in [3.05, 3.63) is 41.0 Å². The number of thiazole rings is 1. The number of anilines is 1. The minimum absolute atomic E-state index is 0.775. The highest BCUT2D eigenvalue weighted by Gasteiger charge is 2.39. The summed E-state index contributed by atoms with van der Waals surface area (Å²) in [5.74, 6) is 3.49. The number of nitrogens with one attached hydrogen (secondary N) is 1. The Morgan fingerprint density at radius 1 is 1.17 bits per heavy atom. The third-order valence-corrected chi connectivity index (χ3v) is 6.14. The average molecular weight is 328 g/mol. The zero-order valence-electron chi connectivity index (χ0n) is 13.4. The van der Waals surface area contributed by atoms with Crippen molar-refractivity contribution in [1.82, 2.24) is 14.9 Å². The SMILES string of the molecule is c1ccc(NC[C@H]2CCC[C@H]3CN(Cc4nccs4)C[C@@H]23)nc1. The van der Waals surface area contributed by atoms with Gasteiger partial charge in [-0.15, -0.1) is 11.3 Å². The Morgan fingerprint density at radius 2 is 2.17 bits per heavy atom. The van der Waals surface area contributed by atoms with E-state index in [4.69, 9.17) is 0 Å². The van der Waals surface area contributed by atoms with E-state index in [0.29, 0.717) is 0 Å². The lowest BCUT2D eigenvalue weighted by Gasteiger charge is -2.33. The van der Waals surface area contributed by atoms with E-state index in [2.05, 4.69) is 31.6 Å². The van der Waals surface area contributed by atoms with E-state index >= 15 is 0 Å². The molecular formula is C18H24N4S. The Bertz CT molecular complexity index is 601. The maximum Gasteiger partial charge on any atom is 0.125 e. The number of likely N-dealkylation sites (tertiary alicyclic amines) is 1. The second kappa shape index (κ2) is 6.97. The fourth-order valence-corrected chi connectivity index (χ4v) is 4.95. The predicted molar refractivity (Wildman–Crippen MR) is 94.4 cm³/mol. The number of pyridine rings is 1. The normalized spacial score (nSPS) is 27.7. The highest BCUT2D eigenvalue weighted by atomic mass is 32.1. The molecule has 122 valence electrons. The summed E-state index contributed by atoms with van der Waals surface area (Å²) >= 11 is 1.78. The van der Waals surface area contributed by atoms with Crippen LogP contribution in [0.4, 0.5) is 5.82 Å². The minimum atomic E-state index is 0.775. The van der Waals surface area contributed by atoms with Crippen molar-refractivity contribution in [2.75, 3.05) is 25.0 Å². The zero-order valence-corrected chi connectivity index (χ0v) is 14.2. The molecule has 0 aromatic carbocycles. The standard InChI is InChI=1S/C18H24N4S/c1-2-7-19-17(6-1)21-10-14-4-3-5-15-11-22(12-16(14)15)13-18-20-8-9-23-18/h1-2,6-9,14-16H,3-5,10-13H2,(H,19,21)/t14-,15+,16+/m1/s1. The van der Waals surface area contributed by atoms with E-state index < -0.39 is 0 Å². The van der Waals surface area contributed by atoms with Crippen molar-refractivity contribution < 1.29 is 0 Å². The third kappa shape index (κ3) is 3.56. The molecule has 2 aromatic heterocycles. The molecule has 1 saturated carbocycles. The number of aromatic nitrogens is 2. The lowest BCUT2D eigenvalue weighted by Crippen LogP contribution is -2.32. The lowest BCUT2D eigenvalue weighted by atomic mass is 9.74. The van der Waals surface area contributed by atoms with Crippen LogP contribution >= 0.6 is 11.3 Å². The molecule has 1 aliphatic carbocycles. The van der Waals surface area contributed by atoms with Gasteiger partial charge in [-0.1, -0.05) is 12.5 Å². The lowest BCUT2D eigenvalue weighted by molar-refractivity contribution is 0.207. The van der Waals surface area contributed by atoms with Crippen LogP contribution in [0, 0.1) is 17.8 Å². The highest BCUT2D eigenvalue weighted by molar-refractivity contribution is 7.09. The molecule has 3 heterocycles. The van der Waals surface area contributed by atoms with Crippen LogP contribution in [-0.2, 0) is 6.54 Å². The molecule has 0 bridgehead atoms. The highest BCUT2D eigenvalue weighted by Crippen LogP contribution is 2.40. The zero-order chi connectivity index (χ0) is 15.5. The smallest absolute Gasteiger partial charge is 0.125 e. The molecule has 2 aliphatic rings. The van der Waals surface area contributed by atoms with Gasteiger partial charge in [-0.05, 0) is 42.7 Å². The molecule has 1 aliphatic heterocycles. The van der Waals surface area contributed by atoms with Crippen molar-refractivity contribution in [2.24, 2.45) is 17.8 Å². The molecule has 23 heavy (non-hydrogen) atoms. The number of fused-ring (bicyclic) bond motifs is 1. The van der Waals surface area contributed by atoms with Gasteiger partial charge in [-0.2, -0.15) is 0 Å². The first-order valence-corrected chi connectivity index (χ1v) is 9.52. The summed E-state index contributed by atoms with van der Waals surface area (Å²) in [6, 6.07) is 6.07. The monoisotopic (exact) mass is 328 g/mol. The molecule has 2 aromatic rings. The molecule has 0 unspecified atom stereocenters. The van der Waals surface area contributed by atoms with E-state index in [0.717, 1.165) is 36.7 Å². The van der Waals surface area contributed by atoms with Gasteiger partial charge in [0, 0.05) is 37.4 Å². The molecule has 0 spiro atoms. The van der Waals surface area contributed by atoms with Gasteiger partial charge in [0.1, 0.15) is 10.8 Å². The van der Waals surface area contributed by atoms with E-state index in [1.54, 1.807) is 11.3 Å². The second-order valence-corrected chi connectivity index (χ2v) is 7.81. The number of hydrogen-bond donors (Lipinski definition) is 1. The number of hydrogen-bond acceptors (Lipinski definition) is 5. The molecule has 4 nitrogen and oxygen atoms in total. The molecule has 5 heteroatoms. The maximum absolute atomic E-state index is 4.45. The molecule has 0 radical (unpaired) electrons. The first-order valence-electron chi connectivity index (χ1n) is 8.64. The molecule has 1 saturated heterocycles. The summed E-state index contributed by atoms with van der Waals surface area (Å²) in [4.78, 5) is 11.5. The number of nitrogens with zero attached hydrogens (tertiary/aromatic N) is 3. The fraction of sp³-hybridized carbons (Fsp3) is 0.556. The van der Waals surface area contributed by atoms with Crippen LogP contribution < -0.4 is 5.32 Å². The van der Waals surface area contributed by atoms with Gasteiger partial charge in [0.15, 0.2) is 0 Å². The van der Waals surface area contributed by atoms with Gasteiger partial charge in [0.2, 0.25) is 0 Å². The Labute approximate surface area is 142 Å². The summed E-state index contributed by atoms with van der Waals surface area (Å²) in [6.07, 6.45) is 7.91. The molecule has 4 rings (SSSR count). The van der Waals surface area contributed by atoms with E-state index in [1.807, 2.05) is 24.5 Å². The molecule has 0 amide bonds. The van der Waals surface area contributed by atoms with Crippen molar-refractivity contribution >= 4 is 17.2 Å². The Morgan fingerprint density at radius 3 is 3.00 bits per heavy atom. The second-order valence-electron chi connectivity index (χ2n) is 6.83.